The average Bonchev–Trinajstić information content (AvgIpc) is 2.36. The number of fused-ring (bicyclic) bond motifs is 2. The highest BCUT2D eigenvalue weighted by Gasteiger charge is 2.08. The highest BCUT2D eigenvalue weighted by atomic mass is 79.9. The molecular formula is C13H9BrN2O. The SMILES string of the molecule is Cn1c2cc(Br)ccc2c(=O)c2cccnc21. The van der Waals surface area contributed by atoms with E-state index in [1.807, 2.05) is 35.9 Å². The minimum absolute atomic E-state index is 0.0358. The molecule has 0 saturated heterocycles. The van der Waals surface area contributed by atoms with Gasteiger partial charge in [-0.25, -0.2) is 4.98 Å². The zero-order valence-corrected chi connectivity index (χ0v) is 10.7. The molecule has 0 spiro atoms. The van der Waals surface area contributed by atoms with Crippen LogP contribution in [0.15, 0.2) is 45.8 Å². The Morgan fingerprint density at radius 2 is 2.06 bits per heavy atom. The first kappa shape index (κ1) is 10.5. The number of aryl methyl sites for hydroxylation is 1. The van der Waals surface area contributed by atoms with E-state index in [1.165, 1.54) is 0 Å². The maximum Gasteiger partial charge on any atom is 0.198 e. The van der Waals surface area contributed by atoms with Crippen molar-refractivity contribution in [2.24, 2.45) is 7.05 Å². The summed E-state index contributed by atoms with van der Waals surface area (Å²) < 4.78 is 2.90. The lowest BCUT2D eigenvalue weighted by Crippen LogP contribution is -2.09. The van der Waals surface area contributed by atoms with Gasteiger partial charge in [0, 0.05) is 23.1 Å². The van der Waals surface area contributed by atoms with Crippen LogP contribution in [0.5, 0.6) is 0 Å². The summed E-state index contributed by atoms with van der Waals surface area (Å²) in [7, 11) is 1.92. The maximum absolute atomic E-state index is 12.3. The van der Waals surface area contributed by atoms with E-state index in [1.54, 1.807) is 12.3 Å². The number of hydrogen-bond acceptors (Lipinski definition) is 2. The van der Waals surface area contributed by atoms with Gasteiger partial charge in [-0.3, -0.25) is 4.79 Å². The molecule has 0 aliphatic carbocycles. The zero-order valence-electron chi connectivity index (χ0n) is 9.14. The molecule has 0 bridgehead atoms. The number of rotatable bonds is 0. The number of benzene rings is 1. The zero-order chi connectivity index (χ0) is 12.0. The Bertz CT molecular complexity index is 792. The summed E-state index contributed by atoms with van der Waals surface area (Å²) in [5.41, 5.74) is 1.63. The van der Waals surface area contributed by atoms with E-state index < -0.39 is 0 Å². The van der Waals surface area contributed by atoms with Crippen LogP contribution in [-0.2, 0) is 7.05 Å². The Kier molecular flexibility index (Phi) is 2.26. The van der Waals surface area contributed by atoms with Gasteiger partial charge in [0.2, 0.25) is 0 Å². The van der Waals surface area contributed by atoms with Gasteiger partial charge in [0.15, 0.2) is 5.43 Å². The smallest absolute Gasteiger partial charge is 0.198 e. The van der Waals surface area contributed by atoms with E-state index in [0.29, 0.717) is 11.0 Å². The van der Waals surface area contributed by atoms with Gasteiger partial charge >= 0.3 is 0 Å². The first-order valence-electron chi connectivity index (χ1n) is 5.21. The van der Waals surface area contributed by atoms with E-state index in [-0.39, 0.29) is 5.43 Å². The van der Waals surface area contributed by atoms with Crippen LogP contribution in [0.2, 0.25) is 0 Å². The van der Waals surface area contributed by atoms with E-state index in [0.717, 1.165) is 15.4 Å². The van der Waals surface area contributed by atoms with Gasteiger partial charge in [0.05, 0.1) is 10.9 Å². The third kappa shape index (κ3) is 1.48. The van der Waals surface area contributed by atoms with Crippen molar-refractivity contribution in [2.45, 2.75) is 0 Å². The van der Waals surface area contributed by atoms with Crippen molar-refractivity contribution in [3.05, 3.63) is 51.2 Å². The van der Waals surface area contributed by atoms with Gasteiger partial charge in [0.1, 0.15) is 5.65 Å². The number of pyridine rings is 2. The average molecular weight is 289 g/mol. The molecule has 0 amide bonds. The first-order chi connectivity index (χ1) is 8.18. The molecule has 17 heavy (non-hydrogen) atoms. The van der Waals surface area contributed by atoms with Gasteiger partial charge in [-0.1, -0.05) is 15.9 Å². The first-order valence-corrected chi connectivity index (χ1v) is 6.01. The molecule has 1 aromatic carbocycles. The Balaban J connectivity index is 2.68. The van der Waals surface area contributed by atoms with Crippen molar-refractivity contribution in [1.82, 2.24) is 9.55 Å². The van der Waals surface area contributed by atoms with Crippen molar-refractivity contribution in [2.75, 3.05) is 0 Å². The van der Waals surface area contributed by atoms with Crippen molar-refractivity contribution in [3.8, 4) is 0 Å². The van der Waals surface area contributed by atoms with Crippen LogP contribution in [0.4, 0.5) is 0 Å². The number of halogens is 1. The third-order valence-corrected chi connectivity index (χ3v) is 3.41. The molecule has 2 aromatic heterocycles. The quantitative estimate of drug-likeness (QED) is 0.596. The van der Waals surface area contributed by atoms with Gasteiger partial charge < -0.3 is 4.57 Å². The summed E-state index contributed by atoms with van der Waals surface area (Å²) in [4.78, 5) is 16.6. The van der Waals surface area contributed by atoms with Crippen LogP contribution in [0.25, 0.3) is 21.9 Å². The second-order valence-corrected chi connectivity index (χ2v) is 4.84. The van der Waals surface area contributed by atoms with E-state index in [2.05, 4.69) is 20.9 Å². The molecule has 0 fully saturated rings. The highest BCUT2D eigenvalue weighted by molar-refractivity contribution is 9.10. The van der Waals surface area contributed by atoms with Gasteiger partial charge in [-0.15, -0.1) is 0 Å². The van der Waals surface area contributed by atoms with Crippen LogP contribution in [0.3, 0.4) is 0 Å². The van der Waals surface area contributed by atoms with Crippen molar-refractivity contribution >= 4 is 37.9 Å². The molecule has 3 nitrogen and oxygen atoms in total. The monoisotopic (exact) mass is 288 g/mol. The molecule has 3 rings (SSSR count). The number of nitrogens with zero attached hydrogens (tertiary/aromatic N) is 2. The summed E-state index contributed by atoms with van der Waals surface area (Å²) >= 11 is 3.42. The fourth-order valence-corrected chi connectivity index (χ4v) is 2.42. The Morgan fingerprint density at radius 1 is 1.24 bits per heavy atom. The van der Waals surface area contributed by atoms with Crippen molar-refractivity contribution in [3.63, 3.8) is 0 Å². The Hall–Kier alpha value is -1.68. The molecule has 0 saturated carbocycles. The molecule has 0 aliphatic heterocycles. The molecule has 0 aliphatic rings. The predicted octanol–water partition coefficient (Wildman–Crippen LogP) is 2.85. The van der Waals surface area contributed by atoms with Gasteiger partial charge in [-0.05, 0) is 30.3 Å². The highest BCUT2D eigenvalue weighted by Crippen LogP contribution is 2.20. The largest absolute Gasteiger partial charge is 0.328 e. The van der Waals surface area contributed by atoms with Crippen LogP contribution < -0.4 is 5.43 Å². The summed E-state index contributed by atoms with van der Waals surface area (Å²) in [5, 5.41) is 1.38. The van der Waals surface area contributed by atoms with Crippen LogP contribution >= 0.6 is 15.9 Å². The minimum atomic E-state index is 0.0358. The third-order valence-electron chi connectivity index (χ3n) is 2.91. The van der Waals surface area contributed by atoms with Crippen LogP contribution in [0, 0.1) is 0 Å². The molecule has 0 N–H and O–H groups in total. The molecule has 0 atom stereocenters. The lowest BCUT2D eigenvalue weighted by molar-refractivity contribution is 0.976. The number of hydrogen-bond donors (Lipinski definition) is 0. The van der Waals surface area contributed by atoms with E-state index in [9.17, 15) is 4.79 Å². The standard InChI is InChI=1S/C13H9BrN2O/c1-16-11-7-8(14)4-5-9(11)12(17)10-3-2-6-15-13(10)16/h2-7H,1H3. The van der Waals surface area contributed by atoms with Crippen molar-refractivity contribution < 1.29 is 0 Å². The summed E-state index contributed by atoms with van der Waals surface area (Å²) in [5.74, 6) is 0. The second kappa shape index (κ2) is 3.67. The van der Waals surface area contributed by atoms with Crippen LogP contribution in [-0.4, -0.2) is 9.55 Å². The molecule has 0 radical (unpaired) electrons. The van der Waals surface area contributed by atoms with Crippen LogP contribution in [0.1, 0.15) is 0 Å². The number of aromatic nitrogens is 2. The van der Waals surface area contributed by atoms with Gasteiger partial charge in [0.25, 0.3) is 0 Å². The maximum atomic E-state index is 12.3. The lowest BCUT2D eigenvalue weighted by atomic mass is 10.1. The molecule has 3 aromatic rings. The van der Waals surface area contributed by atoms with E-state index in [4.69, 9.17) is 0 Å². The topological polar surface area (TPSA) is 34.9 Å². The molecule has 0 unspecified atom stereocenters. The normalized spacial score (nSPS) is 11.2. The minimum Gasteiger partial charge on any atom is -0.328 e. The summed E-state index contributed by atoms with van der Waals surface area (Å²) in [6, 6.07) is 9.26. The molecule has 2 heterocycles. The molecule has 84 valence electrons. The van der Waals surface area contributed by atoms with E-state index >= 15 is 0 Å². The van der Waals surface area contributed by atoms with Gasteiger partial charge in [-0.2, -0.15) is 0 Å². The fourth-order valence-electron chi connectivity index (χ4n) is 2.07. The summed E-state index contributed by atoms with van der Waals surface area (Å²) in [6.45, 7) is 0. The lowest BCUT2D eigenvalue weighted by Gasteiger charge is -2.09. The molecular weight excluding hydrogens is 280 g/mol. The Labute approximate surface area is 106 Å². The second-order valence-electron chi connectivity index (χ2n) is 3.92. The summed E-state index contributed by atoms with van der Waals surface area (Å²) in [6.07, 6.45) is 1.70. The predicted molar refractivity (Wildman–Crippen MR) is 72.2 cm³/mol. The Morgan fingerprint density at radius 3 is 2.88 bits per heavy atom. The molecule has 4 heteroatoms. The van der Waals surface area contributed by atoms with Crippen molar-refractivity contribution in [1.29, 1.82) is 0 Å². The fraction of sp³-hybridized carbons (Fsp3) is 0.0769.